The van der Waals surface area contributed by atoms with Crippen LogP contribution in [0.5, 0.6) is 11.5 Å². The second-order valence-corrected chi connectivity index (χ2v) is 13.5. The lowest BCUT2D eigenvalue weighted by Gasteiger charge is -2.18. The fraction of sp³-hybridized carbons (Fsp3) is 0.0500. The van der Waals surface area contributed by atoms with Gasteiger partial charge >= 0.3 is 5.97 Å². The second kappa shape index (κ2) is 15.1. The van der Waals surface area contributed by atoms with Gasteiger partial charge in [-0.15, -0.1) is 0 Å². The molecule has 6 aromatic rings. The van der Waals surface area contributed by atoms with Crippen LogP contribution in [0.2, 0.25) is 5.02 Å². The molecule has 0 aliphatic carbocycles. The molecule has 0 heterocycles. The van der Waals surface area contributed by atoms with Gasteiger partial charge in [0.1, 0.15) is 17.5 Å². The maximum atomic E-state index is 13.5. The molecule has 0 fully saturated rings. The molecule has 0 spiro atoms. The topological polar surface area (TPSA) is 122 Å². The van der Waals surface area contributed by atoms with E-state index in [0.29, 0.717) is 17.1 Å². The first-order chi connectivity index (χ1) is 24.2. The highest BCUT2D eigenvalue weighted by Gasteiger charge is 2.25. The van der Waals surface area contributed by atoms with Gasteiger partial charge in [-0.05, 0) is 70.8 Å². The van der Waals surface area contributed by atoms with Crippen molar-refractivity contribution in [2.24, 2.45) is 0 Å². The third-order valence-corrected chi connectivity index (χ3v) is 9.53. The number of para-hydroxylation sites is 2. The predicted molar refractivity (Wildman–Crippen MR) is 195 cm³/mol. The number of amides is 1. The summed E-state index contributed by atoms with van der Waals surface area (Å²) in [5, 5.41) is 12.7. The highest BCUT2D eigenvalue weighted by Crippen LogP contribution is 2.33. The molecule has 50 heavy (non-hydrogen) atoms. The minimum atomic E-state index is -4.12. The Balaban J connectivity index is 1.17. The first kappa shape index (κ1) is 34.0. The van der Waals surface area contributed by atoms with Crippen molar-refractivity contribution in [2.45, 2.75) is 17.4 Å². The molecule has 0 radical (unpaired) electrons. The van der Waals surface area contributed by atoms with Gasteiger partial charge in [-0.1, -0.05) is 115 Å². The molecule has 1 unspecified atom stereocenters. The number of carboxylic acid groups (broad SMARTS) is 1. The molecule has 0 aromatic heterocycles. The normalized spacial score (nSPS) is 11.7. The first-order valence-corrected chi connectivity index (χ1v) is 17.5. The van der Waals surface area contributed by atoms with Crippen molar-refractivity contribution in [3.63, 3.8) is 0 Å². The summed E-state index contributed by atoms with van der Waals surface area (Å²) in [6.07, 6.45) is -0.0289. The van der Waals surface area contributed by atoms with Crippen LogP contribution < -0.4 is 14.8 Å². The van der Waals surface area contributed by atoms with Crippen LogP contribution in [0, 0.1) is 0 Å². The smallest absolute Gasteiger partial charge is 0.326 e. The minimum Gasteiger partial charge on any atom is -0.480 e. The van der Waals surface area contributed by atoms with Crippen LogP contribution in [0.3, 0.4) is 0 Å². The van der Waals surface area contributed by atoms with Gasteiger partial charge in [0, 0.05) is 17.0 Å². The Kier molecular flexibility index (Phi) is 10.3. The van der Waals surface area contributed by atoms with E-state index in [-0.39, 0.29) is 27.6 Å². The van der Waals surface area contributed by atoms with E-state index in [2.05, 4.69) is 10.0 Å². The molecular formula is C40H31ClN2O6S. The zero-order valence-electron chi connectivity index (χ0n) is 26.5. The molecule has 10 heteroatoms. The monoisotopic (exact) mass is 702 g/mol. The lowest BCUT2D eigenvalue weighted by Crippen LogP contribution is -2.42. The van der Waals surface area contributed by atoms with Crippen molar-refractivity contribution in [3.05, 3.63) is 168 Å². The maximum Gasteiger partial charge on any atom is 0.326 e. The van der Waals surface area contributed by atoms with E-state index in [1.807, 2.05) is 97.1 Å². The number of carbonyl (C=O) groups excluding carboxylic acids is 1. The Bertz CT molecular complexity index is 2230. The summed E-state index contributed by atoms with van der Waals surface area (Å²) in [5.74, 6) is -0.698. The van der Waals surface area contributed by atoms with Crippen LogP contribution in [-0.2, 0) is 21.2 Å². The third-order valence-electron chi connectivity index (χ3n) is 7.91. The molecule has 1 atom stereocenters. The Labute approximate surface area is 295 Å². The van der Waals surface area contributed by atoms with Gasteiger partial charge in [-0.3, -0.25) is 9.52 Å². The van der Waals surface area contributed by atoms with Crippen LogP contribution in [0.25, 0.3) is 22.3 Å². The minimum absolute atomic E-state index is 0.0143. The van der Waals surface area contributed by atoms with Gasteiger partial charge in [0.2, 0.25) is 0 Å². The van der Waals surface area contributed by atoms with Gasteiger partial charge in [0.25, 0.3) is 15.9 Å². The Morgan fingerprint density at radius 2 is 1.30 bits per heavy atom. The molecule has 6 rings (SSSR count). The number of aliphatic carboxylic acids is 1. The highest BCUT2D eigenvalue weighted by atomic mass is 35.5. The van der Waals surface area contributed by atoms with Crippen LogP contribution >= 0.6 is 11.6 Å². The average molecular weight is 703 g/mol. The summed E-state index contributed by atoms with van der Waals surface area (Å²) in [6.45, 7) is 0. The molecule has 0 aliphatic heterocycles. The van der Waals surface area contributed by atoms with E-state index >= 15 is 0 Å². The van der Waals surface area contributed by atoms with Crippen molar-refractivity contribution < 1.29 is 27.9 Å². The summed E-state index contributed by atoms with van der Waals surface area (Å²) in [7, 11) is -4.12. The number of halogens is 1. The van der Waals surface area contributed by atoms with Gasteiger partial charge in [-0.25, -0.2) is 13.2 Å². The third kappa shape index (κ3) is 8.20. The molecule has 250 valence electrons. The van der Waals surface area contributed by atoms with Crippen molar-refractivity contribution in [1.29, 1.82) is 0 Å². The molecule has 0 bridgehead atoms. The number of rotatable bonds is 12. The molecule has 0 saturated heterocycles. The number of hydrogen-bond donors (Lipinski definition) is 3. The van der Waals surface area contributed by atoms with Crippen LogP contribution in [0.4, 0.5) is 5.69 Å². The van der Waals surface area contributed by atoms with Crippen LogP contribution in [-0.4, -0.2) is 31.4 Å². The largest absolute Gasteiger partial charge is 0.480 e. The van der Waals surface area contributed by atoms with Crippen molar-refractivity contribution >= 4 is 39.2 Å². The van der Waals surface area contributed by atoms with E-state index in [4.69, 9.17) is 16.3 Å². The number of sulfonamides is 1. The molecule has 0 aliphatic rings. The molecule has 0 saturated carbocycles. The zero-order chi connectivity index (χ0) is 35.1. The van der Waals surface area contributed by atoms with E-state index < -0.39 is 27.9 Å². The second-order valence-electron chi connectivity index (χ2n) is 11.4. The summed E-state index contributed by atoms with van der Waals surface area (Å²) < 4.78 is 35.2. The molecule has 6 aromatic carbocycles. The van der Waals surface area contributed by atoms with Gasteiger partial charge in [-0.2, -0.15) is 0 Å². The molecule has 1 amide bonds. The highest BCUT2D eigenvalue weighted by molar-refractivity contribution is 7.92. The maximum absolute atomic E-state index is 13.5. The van der Waals surface area contributed by atoms with Gasteiger partial charge in [0.05, 0.1) is 16.1 Å². The lowest BCUT2D eigenvalue weighted by molar-refractivity contribution is -0.139. The van der Waals surface area contributed by atoms with Crippen molar-refractivity contribution in [3.8, 4) is 33.8 Å². The summed E-state index contributed by atoms with van der Waals surface area (Å²) in [6, 6.07) is 42.9. The van der Waals surface area contributed by atoms with Crippen molar-refractivity contribution in [1.82, 2.24) is 5.32 Å². The SMILES string of the molecule is O=C(NC(Cc1ccc(-c2ccccc2Oc2ccccc2)cc1)C(=O)O)c1cc(Cl)ccc1NS(=O)(=O)c1ccc(-c2ccccc2)cc1. The van der Waals surface area contributed by atoms with Crippen LogP contribution in [0.1, 0.15) is 15.9 Å². The number of hydrogen-bond acceptors (Lipinski definition) is 5. The van der Waals surface area contributed by atoms with Gasteiger partial charge in [0.15, 0.2) is 0 Å². The first-order valence-electron chi connectivity index (χ1n) is 15.6. The van der Waals surface area contributed by atoms with E-state index in [0.717, 1.165) is 22.3 Å². The van der Waals surface area contributed by atoms with Crippen LogP contribution in [0.15, 0.2) is 157 Å². The molecular weight excluding hydrogens is 672 g/mol. The number of nitrogens with one attached hydrogen (secondary N) is 2. The Hall–Kier alpha value is -5.90. The van der Waals surface area contributed by atoms with E-state index in [9.17, 15) is 23.1 Å². The number of carbonyl (C=O) groups is 2. The molecule has 8 nitrogen and oxygen atoms in total. The summed E-state index contributed by atoms with van der Waals surface area (Å²) in [4.78, 5) is 25.8. The summed E-state index contributed by atoms with van der Waals surface area (Å²) in [5.41, 5.74) is 3.98. The summed E-state index contributed by atoms with van der Waals surface area (Å²) >= 11 is 6.19. The Morgan fingerprint density at radius 1 is 0.700 bits per heavy atom. The molecule has 3 N–H and O–H groups in total. The standard InChI is InChI=1S/C40H31ClN2O6S/c41-31-21-24-36(43-50(47,48)33-22-19-29(20-23-33)28-9-3-1-4-10-28)35(26-31)39(44)42-37(40(45)46)25-27-15-17-30(18-16-27)34-13-7-8-14-38(34)49-32-11-5-2-6-12-32/h1-24,26,37,43H,25H2,(H,42,44)(H,45,46). The fourth-order valence-electron chi connectivity index (χ4n) is 5.36. The average Bonchev–Trinajstić information content (AvgIpc) is 3.13. The van der Waals surface area contributed by atoms with E-state index in [1.54, 1.807) is 24.3 Å². The van der Waals surface area contributed by atoms with Crippen molar-refractivity contribution in [2.75, 3.05) is 4.72 Å². The number of anilines is 1. The fourth-order valence-corrected chi connectivity index (χ4v) is 6.61. The van der Waals surface area contributed by atoms with Gasteiger partial charge < -0.3 is 15.2 Å². The predicted octanol–water partition coefficient (Wildman–Crippen LogP) is 8.69. The number of ether oxygens (including phenoxy) is 1. The lowest BCUT2D eigenvalue weighted by atomic mass is 9.99. The number of carboxylic acids is 1. The Morgan fingerprint density at radius 3 is 1.98 bits per heavy atom. The quantitative estimate of drug-likeness (QED) is 0.117. The zero-order valence-corrected chi connectivity index (χ0v) is 28.1. The number of benzene rings is 6. The van der Waals surface area contributed by atoms with E-state index in [1.165, 1.54) is 30.3 Å².